The fourth-order valence-electron chi connectivity index (χ4n) is 2.80. The first-order chi connectivity index (χ1) is 9.15. The summed E-state index contributed by atoms with van der Waals surface area (Å²) in [5, 5.41) is 0. The van der Waals surface area contributed by atoms with Gasteiger partial charge in [-0.1, -0.05) is 13.3 Å². The smallest absolute Gasteiger partial charge is 0.267 e. The van der Waals surface area contributed by atoms with Gasteiger partial charge in [-0.2, -0.15) is 0 Å². The first-order valence-electron chi connectivity index (χ1n) is 6.88. The normalized spacial score (nSPS) is 23.4. The van der Waals surface area contributed by atoms with Crippen molar-refractivity contribution in [2.75, 3.05) is 18.0 Å². The van der Waals surface area contributed by atoms with Crippen molar-refractivity contribution in [1.29, 1.82) is 0 Å². The zero-order valence-electron chi connectivity index (χ0n) is 11.4. The molecule has 0 saturated carbocycles. The number of hydrogen-bond donors (Lipinski definition) is 2. The number of aromatic nitrogens is 1. The van der Waals surface area contributed by atoms with Crippen LogP contribution in [-0.2, 0) is 0 Å². The van der Waals surface area contributed by atoms with Crippen LogP contribution in [-0.4, -0.2) is 30.0 Å². The Bertz CT molecular complexity index is 449. The van der Waals surface area contributed by atoms with Crippen LogP contribution in [0.4, 0.5) is 5.69 Å². The van der Waals surface area contributed by atoms with Gasteiger partial charge in [0, 0.05) is 31.0 Å². The van der Waals surface area contributed by atoms with Crippen LogP contribution < -0.4 is 16.4 Å². The summed E-state index contributed by atoms with van der Waals surface area (Å²) in [6.07, 6.45) is 5.12. The molecular weight excluding hydrogens is 240 g/mol. The average Bonchev–Trinajstić information content (AvgIpc) is 2.46. The maximum atomic E-state index is 11.2. The van der Waals surface area contributed by atoms with Gasteiger partial charge in [0.05, 0.1) is 0 Å². The first kappa shape index (κ1) is 13.8. The van der Waals surface area contributed by atoms with Crippen molar-refractivity contribution in [3.8, 4) is 0 Å². The highest BCUT2D eigenvalue weighted by Crippen LogP contribution is 2.29. The van der Waals surface area contributed by atoms with E-state index >= 15 is 0 Å². The van der Waals surface area contributed by atoms with E-state index in [1.807, 2.05) is 6.07 Å². The summed E-state index contributed by atoms with van der Waals surface area (Å²) in [5.74, 6) is 0.261. The standard InChI is InChI=1S/C14H22N4O/c1-2-10-4-6-18(12(7-10)9-15)11-3-5-17-13(8-11)14(16)19/h3,5,8,10,12H,2,4,6-7,9,15H2,1H3,(H2,16,19). The molecule has 0 spiro atoms. The van der Waals surface area contributed by atoms with Crippen LogP contribution in [0.15, 0.2) is 18.3 Å². The molecule has 1 aromatic heterocycles. The third-order valence-electron chi connectivity index (χ3n) is 4.00. The summed E-state index contributed by atoms with van der Waals surface area (Å²) in [6, 6.07) is 4.01. The first-order valence-corrected chi connectivity index (χ1v) is 6.88. The van der Waals surface area contributed by atoms with Crippen molar-refractivity contribution in [2.24, 2.45) is 17.4 Å². The molecule has 1 aromatic rings. The predicted molar refractivity (Wildman–Crippen MR) is 76.0 cm³/mol. The maximum absolute atomic E-state index is 11.2. The number of anilines is 1. The minimum Gasteiger partial charge on any atom is -0.367 e. The van der Waals surface area contributed by atoms with E-state index in [0.29, 0.717) is 18.3 Å². The highest BCUT2D eigenvalue weighted by molar-refractivity contribution is 5.91. The Balaban J connectivity index is 2.20. The minimum absolute atomic E-state index is 0.311. The van der Waals surface area contributed by atoms with Gasteiger partial charge >= 0.3 is 0 Å². The number of carbonyl (C=O) groups is 1. The van der Waals surface area contributed by atoms with E-state index < -0.39 is 5.91 Å². The van der Waals surface area contributed by atoms with E-state index in [4.69, 9.17) is 11.5 Å². The number of piperidine rings is 1. The van der Waals surface area contributed by atoms with Crippen molar-refractivity contribution >= 4 is 11.6 Å². The number of pyridine rings is 1. The molecule has 2 rings (SSSR count). The Hall–Kier alpha value is -1.62. The van der Waals surface area contributed by atoms with E-state index in [-0.39, 0.29) is 0 Å². The number of rotatable bonds is 4. The molecule has 19 heavy (non-hydrogen) atoms. The second-order valence-corrected chi connectivity index (χ2v) is 5.15. The van der Waals surface area contributed by atoms with Gasteiger partial charge in [0.25, 0.3) is 5.91 Å². The SMILES string of the molecule is CCC1CCN(c2ccnc(C(N)=O)c2)C(CN)C1. The zero-order chi connectivity index (χ0) is 13.8. The number of nitrogens with two attached hydrogens (primary N) is 2. The molecule has 2 unspecified atom stereocenters. The monoisotopic (exact) mass is 262 g/mol. The molecule has 0 aliphatic carbocycles. The van der Waals surface area contributed by atoms with Gasteiger partial charge in [0.1, 0.15) is 5.69 Å². The highest BCUT2D eigenvalue weighted by Gasteiger charge is 2.27. The Labute approximate surface area is 114 Å². The lowest BCUT2D eigenvalue weighted by Crippen LogP contribution is -2.46. The predicted octanol–water partition coefficient (Wildman–Crippen LogP) is 1.13. The van der Waals surface area contributed by atoms with Crippen molar-refractivity contribution in [1.82, 2.24) is 4.98 Å². The van der Waals surface area contributed by atoms with Crippen molar-refractivity contribution in [2.45, 2.75) is 32.2 Å². The van der Waals surface area contributed by atoms with Crippen molar-refractivity contribution in [3.63, 3.8) is 0 Å². The van der Waals surface area contributed by atoms with Gasteiger partial charge in [0.2, 0.25) is 0 Å². The molecule has 1 aliphatic heterocycles. The largest absolute Gasteiger partial charge is 0.367 e. The third kappa shape index (κ3) is 3.04. The van der Waals surface area contributed by atoms with Crippen LogP contribution in [0.25, 0.3) is 0 Å². The van der Waals surface area contributed by atoms with E-state index in [1.54, 1.807) is 12.3 Å². The lowest BCUT2D eigenvalue weighted by molar-refractivity contribution is 0.0995. The Kier molecular flexibility index (Phi) is 4.37. The Morgan fingerprint density at radius 3 is 3.00 bits per heavy atom. The maximum Gasteiger partial charge on any atom is 0.267 e. The number of nitrogens with zero attached hydrogens (tertiary/aromatic N) is 2. The summed E-state index contributed by atoms with van der Waals surface area (Å²) in [6.45, 7) is 3.83. The fourth-order valence-corrected chi connectivity index (χ4v) is 2.80. The molecule has 104 valence electrons. The molecule has 0 aromatic carbocycles. The second-order valence-electron chi connectivity index (χ2n) is 5.15. The quantitative estimate of drug-likeness (QED) is 0.852. The van der Waals surface area contributed by atoms with Gasteiger partial charge in [0.15, 0.2) is 0 Å². The van der Waals surface area contributed by atoms with E-state index in [9.17, 15) is 4.79 Å². The topological polar surface area (TPSA) is 85.2 Å². The molecule has 0 bridgehead atoms. The molecule has 1 amide bonds. The van der Waals surface area contributed by atoms with Crippen LogP contribution in [0.2, 0.25) is 0 Å². The summed E-state index contributed by atoms with van der Waals surface area (Å²) >= 11 is 0. The highest BCUT2D eigenvalue weighted by atomic mass is 16.1. The van der Waals surface area contributed by atoms with Gasteiger partial charge < -0.3 is 16.4 Å². The lowest BCUT2D eigenvalue weighted by atomic mass is 9.88. The van der Waals surface area contributed by atoms with Crippen LogP contribution in [0.5, 0.6) is 0 Å². The van der Waals surface area contributed by atoms with Crippen LogP contribution in [0.3, 0.4) is 0 Å². The van der Waals surface area contributed by atoms with Gasteiger partial charge in [-0.25, -0.2) is 0 Å². The lowest BCUT2D eigenvalue weighted by Gasteiger charge is -2.40. The minimum atomic E-state index is -0.491. The van der Waals surface area contributed by atoms with Gasteiger partial charge in [-0.15, -0.1) is 0 Å². The average molecular weight is 262 g/mol. The number of carbonyl (C=O) groups excluding carboxylic acids is 1. The van der Waals surface area contributed by atoms with Crippen LogP contribution >= 0.6 is 0 Å². The fraction of sp³-hybridized carbons (Fsp3) is 0.571. The summed E-state index contributed by atoms with van der Waals surface area (Å²) in [5.41, 5.74) is 12.5. The molecular formula is C14H22N4O. The molecule has 5 nitrogen and oxygen atoms in total. The molecule has 1 aliphatic rings. The third-order valence-corrected chi connectivity index (χ3v) is 4.00. The van der Waals surface area contributed by atoms with E-state index in [1.165, 1.54) is 12.8 Å². The number of primary amides is 1. The molecule has 1 saturated heterocycles. The molecule has 2 heterocycles. The number of amides is 1. The van der Waals surface area contributed by atoms with E-state index in [0.717, 1.165) is 24.6 Å². The van der Waals surface area contributed by atoms with Gasteiger partial charge in [-0.3, -0.25) is 9.78 Å². The summed E-state index contributed by atoms with van der Waals surface area (Å²) < 4.78 is 0. The molecule has 2 atom stereocenters. The Morgan fingerprint density at radius 2 is 2.37 bits per heavy atom. The molecule has 1 fully saturated rings. The zero-order valence-corrected chi connectivity index (χ0v) is 11.4. The van der Waals surface area contributed by atoms with Crippen molar-refractivity contribution in [3.05, 3.63) is 24.0 Å². The van der Waals surface area contributed by atoms with Crippen molar-refractivity contribution < 1.29 is 4.79 Å². The summed E-state index contributed by atoms with van der Waals surface area (Å²) in [7, 11) is 0. The van der Waals surface area contributed by atoms with Crippen LogP contribution in [0, 0.1) is 5.92 Å². The van der Waals surface area contributed by atoms with Crippen LogP contribution in [0.1, 0.15) is 36.7 Å². The molecule has 5 heteroatoms. The molecule has 4 N–H and O–H groups in total. The van der Waals surface area contributed by atoms with E-state index in [2.05, 4.69) is 16.8 Å². The van der Waals surface area contributed by atoms with Gasteiger partial charge in [-0.05, 0) is 30.9 Å². The number of hydrogen-bond acceptors (Lipinski definition) is 4. The second kappa shape index (κ2) is 6.02. The molecule has 0 radical (unpaired) electrons. The summed E-state index contributed by atoms with van der Waals surface area (Å²) in [4.78, 5) is 17.5. The Morgan fingerprint density at radius 1 is 1.58 bits per heavy atom.